The molecule has 2 unspecified atom stereocenters. The third-order valence-corrected chi connectivity index (χ3v) is 4.54. The molecule has 2 rings (SSSR count). The molecule has 1 saturated heterocycles. The lowest BCUT2D eigenvalue weighted by Crippen LogP contribution is -2.54. The minimum atomic E-state index is -0.475. The van der Waals surface area contributed by atoms with Gasteiger partial charge in [0, 0.05) is 24.0 Å². The molecule has 1 amide bonds. The van der Waals surface area contributed by atoms with Gasteiger partial charge >= 0.3 is 6.09 Å². The first-order chi connectivity index (χ1) is 10.4. The molecule has 0 radical (unpaired) electrons. The van der Waals surface area contributed by atoms with Crippen LogP contribution in [0.25, 0.3) is 0 Å². The number of carbonyl (C=O) groups excluding carboxylic acids is 1. The lowest BCUT2D eigenvalue weighted by molar-refractivity contribution is -0.0321. The molecule has 0 aliphatic carbocycles. The Morgan fingerprint density at radius 1 is 1.59 bits per heavy atom. The normalized spacial score (nSPS) is 20.7. The average Bonchev–Trinajstić information content (AvgIpc) is 2.97. The summed E-state index contributed by atoms with van der Waals surface area (Å²) in [5.74, 6) is 0. The van der Waals surface area contributed by atoms with E-state index in [2.05, 4.69) is 29.8 Å². The Bertz CT molecular complexity index is 470. The largest absolute Gasteiger partial charge is 0.444 e. The standard InChI is InChI=1S/C16H26N2O3S/c1-12(14-6-5-9-22-14)17-10-13-11-20-8-7-18(13)15(19)21-16(2,3)4/h5-6,9,12-13,17H,7-8,10-11H2,1-4H3. The van der Waals surface area contributed by atoms with E-state index < -0.39 is 5.60 Å². The van der Waals surface area contributed by atoms with Gasteiger partial charge < -0.3 is 14.8 Å². The van der Waals surface area contributed by atoms with Crippen molar-refractivity contribution in [1.82, 2.24) is 10.2 Å². The number of nitrogens with zero attached hydrogens (tertiary/aromatic N) is 1. The summed E-state index contributed by atoms with van der Waals surface area (Å²) in [7, 11) is 0. The number of thiophene rings is 1. The van der Waals surface area contributed by atoms with Crippen LogP contribution in [0.4, 0.5) is 4.79 Å². The van der Waals surface area contributed by atoms with Crippen molar-refractivity contribution in [3.8, 4) is 0 Å². The molecule has 1 aliphatic rings. The molecule has 22 heavy (non-hydrogen) atoms. The summed E-state index contributed by atoms with van der Waals surface area (Å²) < 4.78 is 11.0. The van der Waals surface area contributed by atoms with Gasteiger partial charge in [0.1, 0.15) is 5.60 Å². The number of carbonyl (C=O) groups is 1. The number of hydrogen-bond acceptors (Lipinski definition) is 5. The monoisotopic (exact) mass is 326 g/mol. The van der Waals surface area contributed by atoms with E-state index in [1.54, 1.807) is 16.2 Å². The van der Waals surface area contributed by atoms with Gasteiger partial charge in [-0.3, -0.25) is 4.90 Å². The number of amides is 1. The maximum atomic E-state index is 12.3. The van der Waals surface area contributed by atoms with Gasteiger partial charge in [0.2, 0.25) is 0 Å². The van der Waals surface area contributed by atoms with Crippen molar-refractivity contribution in [2.75, 3.05) is 26.3 Å². The van der Waals surface area contributed by atoms with Crippen molar-refractivity contribution in [3.63, 3.8) is 0 Å². The predicted molar refractivity (Wildman–Crippen MR) is 88.3 cm³/mol. The van der Waals surface area contributed by atoms with Crippen LogP contribution in [-0.4, -0.2) is 48.9 Å². The van der Waals surface area contributed by atoms with E-state index in [0.29, 0.717) is 26.3 Å². The molecule has 1 N–H and O–H groups in total. The molecule has 124 valence electrons. The van der Waals surface area contributed by atoms with E-state index in [0.717, 1.165) is 0 Å². The smallest absolute Gasteiger partial charge is 0.410 e. The van der Waals surface area contributed by atoms with Crippen molar-refractivity contribution >= 4 is 17.4 Å². The van der Waals surface area contributed by atoms with Crippen LogP contribution in [0.15, 0.2) is 17.5 Å². The SMILES string of the molecule is CC(NCC1COCCN1C(=O)OC(C)(C)C)c1cccs1. The summed E-state index contributed by atoms with van der Waals surface area (Å²) in [5.41, 5.74) is -0.475. The van der Waals surface area contributed by atoms with Crippen LogP contribution in [0.2, 0.25) is 0 Å². The average molecular weight is 326 g/mol. The Kier molecular flexibility index (Phi) is 5.83. The van der Waals surface area contributed by atoms with Crippen molar-refractivity contribution in [2.24, 2.45) is 0 Å². The molecular weight excluding hydrogens is 300 g/mol. The molecule has 2 atom stereocenters. The summed E-state index contributed by atoms with van der Waals surface area (Å²) >= 11 is 1.73. The Morgan fingerprint density at radius 2 is 2.36 bits per heavy atom. The molecule has 6 heteroatoms. The van der Waals surface area contributed by atoms with E-state index in [9.17, 15) is 4.79 Å². The zero-order valence-corrected chi connectivity index (χ0v) is 14.6. The van der Waals surface area contributed by atoms with Gasteiger partial charge in [-0.25, -0.2) is 4.79 Å². The van der Waals surface area contributed by atoms with Gasteiger partial charge in [0.05, 0.1) is 19.3 Å². The van der Waals surface area contributed by atoms with Crippen molar-refractivity contribution in [3.05, 3.63) is 22.4 Å². The van der Waals surface area contributed by atoms with Crippen molar-refractivity contribution < 1.29 is 14.3 Å². The second kappa shape index (κ2) is 7.44. The van der Waals surface area contributed by atoms with E-state index in [1.807, 2.05) is 20.8 Å². The predicted octanol–water partition coefficient (Wildman–Crippen LogP) is 3.03. The number of ether oxygens (including phenoxy) is 2. The highest BCUT2D eigenvalue weighted by molar-refractivity contribution is 7.10. The Balaban J connectivity index is 1.90. The molecule has 2 heterocycles. The topological polar surface area (TPSA) is 50.8 Å². The number of hydrogen-bond donors (Lipinski definition) is 1. The maximum absolute atomic E-state index is 12.3. The number of morpholine rings is 1. The van der Waals surface area contributed by atoms with Crippen LogP contribution in [0, 0.1) is 0 Å². The zero-order chi connectivity index (χ0) is 16.2. The summed E-state index contributed by atoms with van der Waals surface area (Å²) in [5, 5.41) is 5.56. The lowest BCUT2D eigenvalue weighted by atomic mass is 10.2. The van der Waals surface area contributed by atoms with Gasteiger partial charge in [0.25, 0.3) is 0 Å². The highest BCUT2D eigenvalue weighted by Gasteiger charge is 2.31. The Labute approximate surface area is 136 Å². The van der Waals surface area contributed by atoms with Crippen LogP contribution in [0.5, 0.6) is 0 Å². The minimum Gasteiger partial charge on any atom is -0.444 e. The molecule has 0 saturated carbocycles. The lowest BCUT2D eigenvalue weighted by Gasteiger charge is -2.37. The fourth-order valence-electron chi connectivity index (χ4n) is 2.34. The Morgan fingerprint density at radius 3 is 3.00 bits per heavy atom. The first-order valence-electron chi connectivity index (χ1n) is 7.71. The van der Waals surface area contributed by atoms with Crippen LogP contribution in [0.3, 0.4) is 0 Å². The highest BCUT2D eigenvalue weighted by Crippen LogP contribution is 2.19. The fourth-order valence-corrected chi connectivity index (χ4v) is 3.09. The van der Waals surface area contributed by atoms with E-state index in [1.165, 1.54) is 4.88 Å². The summed E-state index contributed by atoms with van der Waals surface area (Å²) in [6.07, 6.45) is -0.258. The molecule has 1 aromatic rings. The minimum absolute atomic E-state index is 0.00557. The molecule has 0 spiro atoms. The number of rotatable bonds is 4. The fraction of sp³-hybridized carbons (Fsp3) is 0.688. The third-order valence-electron chi connectivity index (χ3n) is 3.49. The van der Waals surface area contributed by atoms with E-state index >= 15 is 0 Å². The Hall–Kier alpha value is -1.11. The summed E-state index contributed by atoms with van der Waals surface area (Å²) in [6, 6.07) is 4.44. The molecule has 1 fully saturated rings. The molecule has 5 nitrogen and oxygen atoms in total. The second-order valence-corrected chi connectivity index (χ2v) is 7.53. The zero-order valence-electron chi connectivity index (χ0n) is 13.8. The molecule has 0 aromatic carbocycles. The summed E-state index contributed by atoms with van der Waals surface area (Å²) in [6.45, 7) is 10.2. The third kappa shape index (κ3) is 4.97. The van der Waals surface area contributed by atoms with Crippen LogP contribution in [-0.2, 0) is 9.47 Å². The quantitative estimate of drug-likeness (QED) is 0.924. The molecular formula is C16H26N2O3S. The van der Waals surface area contributed by atoms with Crippen LogP contribution >= 0.6 is 11.3 Å². The van der Waals surface area contributed by atoms with Gasteiger partial charge in [-0.1, -0.05) is 6.07 Å². The van der Waals surface area contributed by atoms with Crippen molar-refractivity contribution in [2.45, 2.75) is 45.4 Å². The van der Waals surface area contributed by atoms with Gasteiger partial charge in [0.15, 0.2) is 0 Å². The second-order valence-electron chi connectivity index (χ2n) is 6.55. The van der Waals surface area contributed by atoms with Crippen LogP contribution in [0.1, 0.15) is 38.6 Å². The summed E-state index contributed by atoms with van der Waals surface area (Å²) in [4.78, 5) is 15.4. The highest BCUT2D eigenvalue weighted by atomic mass is 32.1. The van der Waals surface area contributed by atoms with Crippen LogP contribution < -0.4 is 5.32 Å². The van der Waals surface area contributed by atoms with Gasteiger partial charge in [-0.2, -0.15) is 0 Å². The first kappa shape index (κ1) is 17.2. The first-order valence-corrected chi connectivity index (χ1v) is 8.59. The molecule has 1 aromatic heterocycles. The van der Waals surface area contributed by atoms with Gasteiger partial charge in [-0.15, -0.1) is 11.3 Å². The molecule has 1 aliphatic heterocycles. The van der Waals surface area contributed by atoms with Gasteiger partial charge in [-0.05, 0) is 39.1 Å². The number of nitrogens with one attached hydrogen (secondary N) is 1. The van der Waals surface area contributed by atoms with E-state index in [-0.39, 0.29) is 18.2 Å². The van der Waals surface area contributed by atoms with E-state index in [4.69, 9.17) is 9.47 Å². The molecule has 0 bridgehead atoms. The van der Waals surface area contributed by atoms with Crippen molar-refractivity contribution in [1.29, 1.82) is 0 Å². The maximum Gasteiger partial charge on any atom is 0.410 e.